The number of hydrogen-bond donors (Lipinski definition) is 0. The molecule has 0 spiro atoms. The molecule has 180 valence electrons. The average molecular weight is 524 g/mol. The Balaban J connectivity index is 1.80. The zero-order valence-corrected chi connectivity index (χ0v) is 20.9. The van der Waals surface area contributed by atoms with Crippen LogP contribution in [0.1, 0.15) is 18.9 Å². The molecule has 34 heavy (non-hydrogen) atoms. The summed E-state index contributed by atoms with van der Waals surface area (Å²) in [7, 11) is -2.80. The molecule has 0 saturated carbocycles. The predicted molar refractivity (Wildman–Crippen MR) is 128 cm³/mol. The zero-order chi connectivity index (χ0) is 24.6. The third-order valence-corrected chi connectivity index (χ3v) is 8.14. The second kappa shape index (κ2) is 9.48. The van der Waals surface area contributed by atoms with E-state index in [1.54, 1.807) is 31.2 Å². The van der Waals surface area contributed by atoms with E-state index in [-0.39, 0.29) is 52.7 Å². The Bertz CT molecular complexity index is 1260. The minimum absolute atomic E-state index is 0.0709. The molecule has 0 radical (unpaired) electrons. The number of likely N-dealkylation sites (N-methyl/N-ethyl adjacent to an activating group) is 1. The van der Waals surface area contributed by atoms with Crippen molar-refractivity contribution < 1.29 is 22.7 Å². The molecule has 11 heteroatoms. The number of fused-ring (bicyclic) bond motifs is 1. The van der Waals surface area contributed by atoms with E-state index in [2.05, 4.69) is 0 Å². The average Bonchev–Trinajstić information content (AvgIpc) is 2.81. The Morgan fingerprint density at radius 2 is 1.74 bits per heavy atom. The van der Waals surface area contributed by atoms with Crippen molar-refractivity contribution in [2.75, 3.05) is 20.2 Å². The van der Waals surface area contributed by atoms with E-state index in [4.69, 9.17) is 27.9 Å². The van der Waals surface area contributed by atoms with Crippen LogP contribution in [0.5, 0.6) is 5.75 Å². The number of ether oxygens (including phenoxy) is 1. The van der Waals surface area contributed by atoms with Gasteiger partial charge in [0.1, 0.15) is 22.5 Å². The predicted octanol–water partition coefficient (Wildman–Crippen LogP) is 3.50. The van der Waals surface area contributed by atoms with Gasteiger partial charge in [-0.05, 0) is 42.8 Å². The Morgan fingerprint density at radius 1 is 1.06 bits per heavy atom. The van der Waals surface area contributed by atoms with Gasteiger partial charge < -0.3 is 9.64 Å². The molecule has 2 aliphatic heterocycles. The van der Waals surface area contributed by atoms with Gasteiger partial charge in [-0.3, -0.25) is 14.5 Å². The third-order valence-electron chi connectivity index (χ3n) is 5.83. The number of carbonyl (C=O) groups is 2. The number of rotatable bonds is 6. The van der Waals surface area contributed by atoms with Gasteiger partial charge in [0.2, 0.25) is 11.8 Å². The van der Waals surface area contributed by atoms with Crippen LogP contribution in [-0.4, -0.2) is 60.6 Å². The fourth-order valence-corrected chi connectivity index (χ4v) is 6.12. The van der Waals surface area contributed by atoms with Gasteiger partial charge in [-0.2, -0.15) is 0 Å². The van der Waals surface area contributed by atoms with E-state index in [1.807, 2.05) is 0 Å². The largest absolute Gasteiger partial charge is 0.495 e. The lowest BCUT2D eigenvalue weighted by Gasteiger charge is -2.46. The van der Waals surface area contributed by atoms with Crippen LogP contribution in [-0.2, 0) is 26.0 Å². The number of carbonyl (C=O) groups excluding carboxylic acids is 2. The SMILES string of the molecule is CCN1C=C2N(C(=O)CCN2S(=O)(=O)c2cc(Cl)ccc2OC)C(Cc2ccc(Cl)cc2)C1=O. The molecule has 2 amide bonds. The Labute approximate surface area is 208 Å². The normalized spacial score (nSPS) is 18.6. The summed E-state index contributed by atoms with van der Waals surface area (Å²) in [6.07, 6.45) is 1.56. The van der Waals surface area contributed by atoms with Gasteiger partial charge in [0.15, 0.2) is 0 Å². The van der Waals surface area contributed by atoms with Crippen molar-refractivity contribution >= 4 is 45.0 Å². The van der Waals surface area contributed by atoms with Gasteiger partial charge in [-0.1, -0.05) is 35.3 Å². The molecule has 1 unspecified atom stereocenters. The summed E-state index contributed by atoms with van der Waals surface area (Å²) in [5.74, 6) is -0.350. The van der Waals surface area contributed by atoms with Crippen LogP contribution < -0.4 is 4.74 Å². The number of halogens is 2. The topological polar surface area (TPSA) is 87.2 Å². The highest BCUT2D eigenvalue weighted by Crippen LogP contribution is 2.36. The highest BCUT2D eigenvalue weighted by molar-refractivity contribution is 7.89. The zero-order valence-electron chi connectivity index (χ0n) is 18.6. The number of hydrogen-bond acceptors (Lipinski definition) is 5. The monoisotopic (exact) mass is 523 g/mol. The molecule has 0 N–H and O–H groups in total. The Morgan fingerprint density at radius 3 is 2.38 bits per heavy atom. The summed E-state index contributed by atoms with van der Waals surface area (Å²) in [6.45, 7) is 2.03. The smallest absolute Gasteiger partial charge is 0.269 e. The third kappa shape index (κ3) is 4.35. The van der Waals surface area contributed by atoms with Crippen molar-refractivity contribution in [3.05, 3.63) is 70.1 Å². The molecule has 2 heterocycles. The molecule has 4 rings (SSSR count). The minimum Gasteiger partial charge on any atom is -0.495 e. The molecule has 2 aromatic carbocycles. The van der Waals surface area contributed by atoms with Crippen molar-refractivity contribution in [1.82, 2.24) is 14.1 Å². The number of methoxy groups -OCH3 is 1. The maximum absolute atomic E-state index is 13.8. The van der Waals surface area contributed by atoms with Gasteiger partial charge in [-0.15, -0.1) is 0 Å². The summed E-state index contributed by atoms with van der Waals surface area (Å²) in [4.78, 5) is 28.9. The molecule has 2 aliphatic rings. The summed E-state index contributed by atoms with van der Waals surface area (Å²) in [6, 6.07) is 10.4. The lowest BCUT2D eigenvalue weighted by atomic mass is 10.0. The molecule has 1 atom stereocenters. The first-order valence-electron chi connectivity index (χ1n) is 10.6. The maximum Gasteiger partial charge on any atom is 0.269 e. The van der Waals surface area contributed by atoms with Crippen molar-refractivity contribution in [3.8, 4) is 5.75 Å². The Kier molecular flexibility index (Phi) is 6.80. The molecule has 0 aromatic heterocycles. The van der Waals surface area contributed by atoms with Gasteiger partial charge in [-0.25, -0.2) is 12.7 Å². The van der Waals surface area contributed by atoms with Gasteiger partial charge in [0.05, 0.1) is 7.11 Å². The van der Waals surface area contributed by atoms with E-state index in [0.29, 0.717) is 11.6 Å². The molecular weight excluding hydrogens is 501 g/mol. The van der Waals surface area contributed by atoms with E-state index in [1.165, 1.54) is 41.3 Å². The molecule has 2 aromatic rings. The van der Waals surface area contributed by atoms with Gasteiger partial charge in [0, 0.05) is 42.2 Å². The van der Waals surface area contributed by atoms with E-state index in [0.717, 1.165) is 9.87 Å². The lowest BCUT2D eigenvalue weighted by Crippen LogP contribution is -2.60. The minimum atomic E-state index is -4.17. The van der Waals surface area contributed by atoms with Crippen LogP contribution in [0.2, 0.25) is 10.0 Å². The van der Waals surface area contributed by atoms with Gasteiger partial charge in [0.25, 0.3) is 10.0 Å². The second-order valence-electron chi connectivity index (χ2n) is 7.84. The van der Waals surface area contributed by atoms with Crippen molar-refractivity contribution in [2.24, 2.45) is 0 Å². The molecule has 1 fully saturated rings. The van der Waals surface area contributed by atoms with Crippen LogP contribution in [0.25, 0.3) is 0 Å². The summed E-state index contributed by atoms with van der Waals surface area (Å²) >= 11 is 12.1. The number of amides is 2. The van der Waals surface area contributed by atoms with Crippen molar-refractivity contribution in [1.29, 1.82) is 0 Å². The standard InChI is InChI=1S/C23H23Cl2N3O5S/c1-3-26-14-21-27(34(31,32)20-13-17(25)8-9-19(20)33-2)11-10-22(29)28(21)18(23(26)30)12-15-4-6-16(24)7-5-15/h4-9,13-14,18H,3,10-12H2,1-2H3. The Hall–Kier alpha value is -2.75. The van der Waals surface area contributed by atoms with Crippen molar-refractivity contribution in [3.63, 3.8) is 0 Å². The lowest BCUT2D eigenvalue weighted by molar-refractivity contribution is -0.147. The summed E-state index contributed by atoms with van der Waals surface area (Å²) < 4.78 is 33.9. The number of nitrogens with zero attached hydrogens (tertiary/aromatic N) is 3. The molecular formula is C23H23Cl2N3O5S. The quantitative estimate of drug-likeness (QED) is 0.578. The summed E-state index contributed by atoms with van der Waals surface area (Å²) in [5.41, 5.74) is 0.796. The highest BCUT2D eigenvalue weighted by atomic mass is 35.5. The van der Waals surface area contributed by atoms with Crippen LogP contribution >= 0.6 is 23.2 Å². The second-order valence-corrected chi connectivity index (χ2v) is 10.5. The first-order chi connectivity index (χ1) is 16.2. The number of benzene rings is 2. The molecule has 1 saturated heterocycles. The number of sulfonamides is 1. The van der Waals surface area contributed by atoms with E-state index in [9.17, 15) is 18.0 Å². The first kappa shape index (κ1) is 24.4. The van der Waals surface area contributed by atoms with E-state index < -0.39 is 16.1 Å². The fraction of sp³-hybridized carbons (Fsp3) is 0.304. The van der Waals surface area contributed by atoms with Crippen LogP contribution in [0.3, 0.4) is 0 Å². The first-order valence-corrected chi connectivity index (χ1v) is 12.8. The molecule has 0 bridgehead atoms. The molecule has 8 nitrogen and oxygen atoms in total. The van der Waals surface area contributed by atoms with Crippen LogP contribution in [0.4, 0.5) is 0 Å². The summed E-state index contributed by atoms with van der Waals surface area (Å²) in [5, 5.41) is 0.782. The van der Waals surface area contributed by atoms with E-state index >= 15 is 0 Å². The van der Waals surface area contributed by atoms with Crippen LogP contribution in [0.15, 0.2) is 59.4 Å². The fourth-order valence-electron chi connectivity index (χ4n) is 4.13. The van der Waals surface area contributed by atoms with Crippen LogP contribution in [0, 0.1) is 0 Å². The van der Waals surface area contributed by atoms with Gasteiger partial charge >= 0.3 is 0 Å². The molecule has 0 aliphatic carbocycles. The maximum atomic E-state index is 13.8. The van der Waals surface area contributed by atoms with Crippen molar-refractivity contribution in [2.45, 2.75) is 30.7 Å². The highest BCUT2D eigenvalue weighted by Gasteiger charge is 2.46.